The lowest BCUT2D eigenvalue weighted by Crippen LogP contribution is -2.49. The number of methoxy groups -OCH3 is 1. The highest BCUT2D eigenvalue weighted by Gasteiger charge is 2.34. The van der Waals surface area contributed by atoms with Crippen molar-refractivity contribution < 1.29 is 14.3 Å². The van der Waals surface area contributed by atoms with E-state index in [2.05, 4.69) is 20.0 Å². The maximum absolute atomic E-state index is 13.0. The molecule has 1 amide bonds. The molecular weight excluding hydrogens is 324 g/mol. The van der Waals surface area contributed by atoms with Gasteiger partial charge in [-0.1, -0.05) is 0 Å². The standard InChI is InChI=1S/C16H20N6O3/c1-24-15-8-14(17-11-18-15)21-9-12-2-3-19-22(12)13(10-21)16(23)20-4-6-25-7-5-20/h2-3,8,11,13H,4-7,9-10H2,1H3/t13-/m0/s1. The summed E-state index contributed by atoms with van der Waals surface area (Å²) in [5.74, 6) is 1.30. The number of hydrogen-bond donors (Lipinski definition) is 0. The van der Waals surface area contributed by atoms with Crippen molar-refractivity contribution in [1.29, 1.82) is 0 Å². The van der Waals surface area contributed by atoms with Crippen LogP contribution in [0.1, 0.15) is 11.7 Å². The molecule has 1 fully saturated rings. The van der Waals surface area contributed by atoms with E-state index < -0.39 is 0 Å². The Morgan fingerprint density at radius 1 is 1.32 bits per heavy atom. The van der Waals surface area contributed by atoms with Crippen molar-refractivity contribution in [3.05, 3.63) is 30.4 Å². The van der Waals surface area contributed by atoms with Gasteiger partial charge in [0.2, 0.25) is 11.8 Å². The molecule has 132 valence electrons. The Morgan fingerprint density at radius 2 is 2.16 bits per heavy atom. The van der Waals surface area contributed by atoms with Crippen molar-refractivity contribution in [2.75, 3.05) is 44.9 Å². The number of fused-ring (bicyclic) bond motifs is 1. The molecule has 25 heavy (non-hydrogen) atoms. The summed E-state index contributed by atoms with van der Waals surface area (Å²) in [7, 11) is 1.57. The van der Waals surface area contributed by atoms with Crippen LogP contribution in [-0.4, -0.2) is 70.5 Å². The second-order valence-electron chi connectivity index (χ2n) is 6.02. The van der Waals surface area contributed by atoms with Gasteiger partial charge in [-0.3, -0.25) is 9.48 Å². The highest BCUT2D eigenvalue weighted by Crippen LogP contribution is 2.27. The van der Waals surface area contributed by atoms with Gasteiger partial charge in [-0.15, -0.1) is 0 Å². The molecule has 0 unspecified atom stereocenters. The van der Waals surface area contributed by atoms with Crippen molar-refractivity contribution in [1.82, 2.24) is 24.6 Å². The third-order valence-corrected chi connectivity index (χ3v) is 4.56. The van der Waals surface area contributed by atoms with E-state index in [0.29, 0.717) is 45.3 Å². The first-order valence-electron chi connectivity index (χ1n) is 8.26. The Morgan fingerprint density at radius 3 is 2.96 bits per heavy atom. The topological polar surface area (TPSA) is 85.6 Å². The molecule has 4 heterocycles. The van der Waals surface area contributed by atoms with Crippen LogP contribution in [0.5, 0.6) is 5.88 Å². The van der Waals surface area contributed by atoms with Crippen LogP contribution in [0.25, 0.3) is 0 Å². The molecule has 2 aliphatic heterocycles. The van der Waals surface area contributed by atoms with E-state index in [-0.39, 0.29) is 11.9 Å². The van der Waals surface area contributed by atoms with Crippen LogP contribution in [0.15, 0.2) is 24.7 Å². The van der Waals surface area contributed by atoms with Crippen molar-refractivity contribution in [2.24, 2.45) is 0 Å². The lowest BCUT2D eigenvalue weighted by molar-refractivity contribution is -0.139. The van der Waals surface area contributed by atoms with Gasteiger partial charge in [0, 0.05) is 25.4 Å². The van der Waals surface area contributed by atoms with Crippen LogP contribution >= 0.6 is 0 Å². The number of anilines is 1. The molecule has 0 spiro atoms. The number of ether oxygens (including phenoxy) is 2. The van der Waals surface area contributed by atoms with Gasteiger partial charge in [-0.25, -0.2) is 9.97 Å². The maximum atomic E-state index is 13.0. The van der Waals surface area contributed by atoms with Crippen LogP contribution in [0, 0.1) is 0 Å². The second-order valence-corrected chi connectivity index (χ2v) is 6.02. The molecule has 4 rings (SSSR count). The third-order valence-electron chi connectivity index (χ3n) is 4.56. The molecule has 0 radical (unpaired) electrons. The predicted molar refractivity (Wildman–Crippen MR) is 88.3 cm³/mol. The highest BCUT2D eigenvalue weighted by molar-refractivity contribution is 5.81. The summed E-state index contributed by atoms with van der Waals surface area (Å²) in [6.45, 7) is 3.53. The fourth-order valence-electron chi connectivity index (χ4n) is 3.26. The van der Waals surface area contributed by atoms with Gasteiger partial charge in [0.15, 0.2) is 0 Å². The van der Waals surface area contributed by atoms with Gasteiger partial charge in [-0.05, 0) is 6.07 Å². The van der Waals surface area contributed by atoms with E-state index in [9.17, 15) is 4.79 Å². The van der Waals surface area contributed by atoms with Crippen molar-refractivity contribution in [3.8, 4) is 5.88 Å². The summed E-state index contributed by atoms with van der Waals surface area (Å²) in [5, 5.41) is 4.37. The SMILES string of the molecule is COc1cc(N2Cc3ccnn3[C@H](C(=O)N3CCOCC3)C2)ncn1. The Labute approximate surface area is 145 Å². The highest BCUT2D eigenvalue weighted by atomic mass is 16.5. The minimum absolute atomic E-state index is 0.0685. The molecule has 0 aromatic carbocycles. The van der Waals surface area contributed by atoms with E-state index in [1.54, 1.807) is 19.4 Å². The second kappa shape index (κ2) is 6.67. The Balaban J connectivity index is 1.62. The van der Waals surface area contributed by atoms with Crippen LogP contribution in [0.4, 0.5) is 5.82 Å². The number of nitrogens with zero attached hydrogens (tertiary/aromatic N) is 6. The summed E-state index contributed by atoms with van der Waals surface area (Å²) >= 11 is 0. The average molecular weight is 344 g/mol. The molecule has 9 nitrogen and oxygen atoms in total. The molecule has 2 aliphatic rings. The van der Waals surface area contributed by atoms with Crippen molar-refractivity contribution in [2.45, 2.75) is 12.6 Å². The van der Waals surface area contributed by atoms with Gasteiger partial charge in [0.1, 0.15) is 18.2 Å². The number of carbonyl (C=O) groups excluding carboxylic acids is 1. The van der Waals surface area contributed by atoms with Crippen LogP contribution in [0.3, 0.4) is 0 Å². The van der Waals surface area contributed by atoms with Gasteiger partial charge < -0.3 is 19.3 Å². The lowest BCUT2D eigenvalue weighted by atomic mass is 10.1. The van der Waals surface area contributed by atoms with E-state index in [1.165, 1.54) is 6.33 Å². The van der Waals surface area contributed by atoms with Crippen LogP contribution in [0.2, 0.25) is 0 Å². The van der Waals surface area contributed by atoms with Crippen molar-refractivity contribution in [3.63, 3.8) is 0 Å². The molecular formula is C16H20N6O3. The predicted octanol–water partition coefficient (Wildman–Crippen LogP) is 0.102. The Kier molecular flexibility index (Phi) is 4.22. The normalized spacial score (nSPS) is 20.3. The van der Waals surface area contributed by atoms with E-state index in [0.717, 1.165) is 11.5 Å². The minimum atomic E-state index is -0.377. The fourth-order valence-corrected chi connectivity index (χ4v) is 3.26. The van der Waals surface area contributed by atoms with E-state index in [4.69, 9.17) is 9.47 Å². The third kappa shape index (κ3) is 3.02. The van der Waals surface area contributed by atoms with Crippen LogP contribution < -0.4 is 9.64 Å². The molecule has 0 bridgehead atoms. The lowest BCUT2D eigenvalue weighted by Gasteiger charge is -2.37. The summed E-state index contributed by atoms with van der Waals surface area (Å²) in [6, 6.07) is 3.34. The first kappa shape index (κ1) is 15.8. The monoisotopic (exact) mass is 344 g/mol. The minimum Gasteiger partial charge on any atom is -0.481 e. The number of rotatable bonds is 3. The number of carbonyl (C=O) groups is 1. The van der Waals surface area contributed by atoms with Gasteiger partial charge in [0.25, 0.3) is 0 Å². The summed E-state index contributed by atoms with van der Waals surface area (Å²) in [5.41, 5.74) is 0.982. The van der Waals surface area contributed by atoms with Gasteiger partial charge in [0.05, 0.1) is 39.1 Å². The number of amides is 1. The smallest absolute Gasteiger partial charge is 0.249 e. The van der Waals surface area contributed by atoms with Crippen LogP contribution in [-0.2, 0) is 16.1 Å². The zero-order chi connectivity index (χ0) is 17.2. The molecule has 2 aromatic rings. The first-order chi connectivity index (χ1) is 12.3. The summed E-state index contributed by atoms with van der Waals surface area (Å²) in [4.78, 5) is 25.3. The Hall–Kier alpha value is -2.68. The average Bonchev–Trinajstić information content (AvgIpc) is 3.16. The fraction of sp³-hybridized carbons (Fsp3) is 0.500. The molecule has 0 N–H and O–H groups in total. The maximum Gasteiger partial charge on any atom is 0.249 e. The van der Waals surface area contributed by atoms with Crippen molar-refractivity contribution >= 4 is 11.7 Å². The zero-order valence-electron chi connectivity index (χ0n) is 14.0. The number of aromatic nitrogens is 4. The number of hydrogen-bond acceptors (Lipinski definition) is 7. The summed E-state index contributed by atoms with van der Waals surface area (Å²) < 4.78 is 12.4. The molecule has 1 saturated heterocycles. The zero-order valence-corrected chi connectivity index (χ0v) is 14.0. The molecule has 2 aromatic heterocycles. The molecule has 1 atom stereocenters. The quantitative estimate of drug-likeness (QED) is 0.781. The first-order valence-corrected chi connectivity index (χ1v) is 8.26. The molecule has 9 heteroatoms. The van der Waals surface area contributed by atoms with Gasteiger partial charge >= 0.3 is 0 Å². The molecule has 0 saturated carbocycles. The van der Waals surface area contributed by atoms with E-state index >= 15 is 0 Å². The Bertz CT molecular complexity index is 758. The summed E-state index contributed by atoms with van der Waals surface area (Å²) in [6.07, 6.45) is 3.21. The van der Waals surface area contributed by atoms with E-state index in [1.807, 2.05) is 15.6 Å². The van der Waals surface area contributed by atoms with Gasteiger partial charge in [-0.2, -0.15) is 5.10 Å². The largest absolute Gasteiger partial charge is 0.481 e. The number of morpholine rings is 1. The molecule has 0 aliphatic carbocycles.